The molecule has 146 valence electrons. The summed E-state index contributed by atoms with van der Waals surface area (Å²) in [6.45, 7) is 1.94. The number of nitrogens with zero attached hydrogens (tertiary/aromatic N) is 1. The first-order valence-electron chi connectivity index (χ1n) is 8.83. The van der Waals surface area contributed by atoms with Crippen LogP contribution < -0.4 is 4.72 Å². The van der Waals surface area contributed by atoms with E-state index in [2.05, 4.69) is 25.6 Å². The van der Waals surface area contributed by atoms with E-state index in [1.54, 1.807) is 24.4 Å². The second-order valence-corrected chi connectivity index (χ2v) is 9.05. The van der Waals surface area contributed by atoms with Crippen molar-refractivity contribution in [1.82, 2.24) is 4.98 Å². The fraction of sp³-hybridized carbons (Fsp3) is 0.0455. The smallest absolute Gasteiger partial charge is 0.261 e. The third kappa shape index (κ3) is 4.26. The van der Waals surface area contributed by atoms with Gasteiger partial charge in [-0.2, -0.15) is 0 Å². The highest BCUT2D eigenvalue weighted by Crippen LogP contribution is 2.28. The van der Waals surface area contributed by atoms with Crippen LogP contribution >= 0.6 is 15.9 Å². The molecule has 0 aliphatic rings. The molecule has 7 heteroatoms. The summed E-state index contributed by atoms with van der Waals surface area (Å²) in [6, 6.07) is 21.5. The van der Waals surface area contributed by atoms with Crippen LogP contribution in [0.5, 0.6) is 0 Å². The zero-order valence-corrected chi connectivity index (χ0v) is 17.9. The Balaban J connectivity index is 1.57. The van der Waals surface area contributed by atoms with E-state index in [0.717, 1.165) is 11.1 Å². The molecule has 1 N–H and O–H groups in total. The molecule has 0 aliphatic carbocycles. The van der Waals surface area contributed by atoms with E-state index < -0.39 is 10.0 Å². The van der Waals surface area contributed by atoms with E-state index in [4.69, 9.17) is 4.42 Å². The van der Waals surface area contributed by atoms with Gasteiger partial charge in [0.2, 0.25) is 5.89 Å². The largest absolute Gasteiger partial charge is 0.436 e. The van der Waals surface area contributed by atoms with Gasteiger partial charge in [0.05, 0.1) is 16.8 Å². The molecular weight excluding hydrogens is 452 g/mol. The maximum absolute atomic E-state index is 12.7. The summed E-state index contributed by atoms with van der Waals surface area (Å²) in [4.78, 5) is 4.46. The van der Waals surface area contributed by atoms with Crippen LogP contribution in [-0.2, 0) is 10.0 Å². The molecule has 29 heavy (non-hydrogen) atoms. The number of halogens is 1. The summed E-state index contributed by atoms with van der Waals surface area (Å²) in [5.41, 5.74) is 3.14. The summed E-state index contributed by atoms with van der Waals surface area (Å²) in [5.74, 6) is 1.09. The lowest BCUT2D eigenvalue weighted by molar-refractivity contribution is 0.588. The molecule has 3 aromatic carbocycles. The van der Waals surface area contributed by atoms with Gasteiger partial charge in [0, 0.05) is 15.6 Å². The van der Waals surface area contributed by atoms with Crippen molar-refractivity contribution >= 4 is 31.6 Å². The SMILES string of the molecule is Cc1ccc(NS(=O)(=O)c2ccc(-c3ncc(-c4ccccc4)o3)cc2)c(Br)c1. The Morgan fingerprint density at radius 1 is 0.931 bits per heavy atom. The number of hydrogen-bond acceptors (Lipinski definition) is 4. The van der Waals surface area contributed by atoms with Crippen molar-refractivity contribution in [3.63, 3.8) is 0 Å². The second kappa shape index (κ2) is 7.85. The molecular formula is C22H17BrN2O3S. The van der Waals surface area contributed by atoms with Gasteiger partial charge in [0.1, 0.15) is 0 Å². The van der Waals surface area contributed by atoms with Gasteiger partial charge in [-0.1, -0.05) is 36.4 Å². The first-order valence-corrected chi connectivity index (χ1v) is 11.1. The second-order valence-electron chi connectivity index (χ2n) is 6.51. The van der Waals surface area contributed by atoms with Gasteiger partial charge in [-0.05, 0) is 64.8 Å². The molecule has 0 spiro atoms. The topological polar surface area (TPSA) is 72.2 Å². The van der Waals surface area contributed by atoms with Gasteiger partial charge >= 0.3 is 0 Å². The average Bonchev–Trinajstić information content (AvgIpc) is 3.21. The van der Waals surface area contributed by atoms with E-state index in [1.807, 2.05) is 49.4 Å². The minimum Gasteiger partial charge on any atom is -0.436 e. The van der Waals surface area contributed by atoms with E-state index in [-0.39, 0.29) is 4.90 Å². The van der Waals surface area contributed by atoms with Gasteiger partial charge in [-0.3, -0.25) is 4.72 Å². The van der Waals surface area contributed by atoms with Crippen molar-refractivity contribution in [3.05, 3.63) is 89.0 Å². The molecule has 0 amide bonds. The van der Waals surface area contributed by atoms with Crippen LogP contribution in [0.3, 0.4) is 0 Å². The highest BCUT2D eigenvalue weighted by Gasteiger charge is 2.17. The molecule has 5 nitrogen and oxygen atoms in total. The molecule has 0 saturated heterocycles. The number of aryl methyl sites for hydroxylation is 1. The third-order valence-corrected chi connectivity index (χ3v) is 6.38. The third-order valence-electron chi connectivity index (χ3n) is 4.34. The molecule has 0 unspecified atom stereocenters. The van der Waals surface area contributed by atoms with Gasteiger partial charge in [0.15, 0.2) is 5.76 Å². The zero-order valence-electron chi connectivity index (χ0n) is 15.5. The average molecular weight is 469 g/mol. The monoisotopic (exact) mass is 468 g/mol. The van der Waals surface area contributed by atoms with Crippen molar-refractivity contribution in [2.75, 3.05) is 4.72 Å². The van der Waals surface area contributed by atoms with Crippen LogP contribution in [-0.4, -0.2) is 13.4 Å². The summed E-state index contributed by atoms with van der Waals surface area (Å²) in [7, 11) is -3.72. The Morgan fingerprint density at radius 3 is 2.34 bits per heavy atom. The van der Waals surface area contributed by atoms with Gasteiger partial charge < -0.3 is 4.42 Å². The Kier molecular flexibility index (Phi) is 5.25. The maximum Gasteiger partial charge on any atom is 0.261 e. The normalized spacial score (nSPS) is 11.4. The Labute approximate surface area is 177 Å². The quantitative estimate of drug-likeness (QED) is 0.396. The number of sulfonamides is 1. The van der Waals surface area contributed by atoms with Crippen LogP contribution in [0.2, 0.25) is 0 Å². The minimum atomic E-state index is -3.72. The standard InChI is InChI=1S/C22H17BrN2O3S/c1-15-7-12-20(19(23)13-15)25-29(26,27)18-10-8-17(9-11-18)22-24-14-21(28-22)16-5-3-2-4-6-16/h2-14,25H,1H3. The Morgan fingerprint density at radius 2 is 1.66 bits per heavy atom. The predicted molar refractivity (Wildman–Crippen MR) is 117 cm³/mol. The molecule has 0 saturated carbocycles. The summed E-state index contributed by atoms with van der Waals surface area (Å²) in [5, 5.41) is 0. The molecule has 0 bridgehead atoms. The zero-order chi connectivity index (χ0) is 20.4. The number of oxazole rings is 1. The summed E-state index contributed by atoms with van der Waals surface area (Å²) in [6.07, 6.45) is 1.66. The molecule has 4 aromatic rings. The minimum absolute atomic E-state index is 0.156. The van der Waals surface area contributed by atoms with Crippen molar-refractivity contribution < 1.29 is 12.8 Å². The van der Waals surface area contributed by atoms with Crippen LogP contribution in [0, 0.1) is 6.92 Å². The summed E-state index contributed by atoms with van der Waals surface area (Å²) < 4.78 is 34.5. The van der Waals surface area contributed by atoms with Crippen LogP contribution in [0.15, 0.2) is 92.8 Å². The predicted octanol–water partition coefficient (Wildman–Crippen LogP) is 5.88. The van der Waals surface area contributed by atoms with Gasteiger partial charge in [-0.25, -0.2) is 13.4 Å². The number of rotatable bonds is 5. The van der Waals surface area contributed by atoms with E-state index >= 15 is 0 Å². The lowest BCUT2D eigenvalue weighted by atomic mass is 10.2. The number of nitrogens with one attached hydrogen (secondary N) is 1. The molecule has 1 aromatic heterocycles. The first-order chi connectivity index (χ1) is 13.9. The highest BCUT2D eigenvalue weighted by atomic mass is 79.9. The number of benzene rings is 3. The first kappa shape index (κ1) is 19.4. The molecule has 0 aliphatic heterocycles. The van der Waals surface area contributed by atoms with E-state index in [9.17, 15) is 8.42 Å². The lowest BCUT2D eigenvalue weighted by Gasteiger charge is -2.10. The van der Waals surface area contributed by atoms with E-state index in [1.165, 1.54) is 12.1 Å². The Hall–Kier alpha value is -2.90. The fourth-order valence-corrected chi connectivity index (χ4v) is 4.63. The number of anilines is 1. The highest BCUT2D eigenvalue weighted by molar-refractivity contribution is 9.10. The molecule has 4 rings (SSSR count). The molecule has 1 heterocycles. The maximum atomic E-state index is 12.7. The fourth-order valence-electron chi connectivity index (χ4n) is 2.83. The molecule has 0 radical (unpaired) electrons. The van der Waals surface area contributed by atoms with Crippen molar-refractivity contribution in [2.24, 2.45) is 0 Å². The van der Waals surface area contributed by atoms with Crippen LogP contribution in [0.4, 0.5) is 5.69 Å². The van der Waals surface area contributed by atoms with E-state index in [0.29, 0.717) is 27.4 Å². The Bertz CT molecular complexity index is 1250. The van der Waals surface area contributed by atoms with Crippen molar-refractivity contribution in [3.8, 4) is 22.8 Å². The van der Waals surface area contributed by atoms with Crippen LogP contribution in [0.25, 0.3) is 22.8 Å². The van der Waals surface area contributed by atoms with Crippen molar-refractivity contribution in [2.45, 2.75) is 11.8 Å². The van der Waals surface area contributed by atoms with Gasteiger partial charge in [-0.15, -0.1) is 0 Å². The van der Waals surface area contributed by atoms with Gasteiger partial charge in [0.25, 0.3) is 10.0 Å². The lowest BCUT2D eigenvalue weighted by Crippen LogP contribution is -2.13. The molecule has 0 atom stereocenters. The number of hydrogen-bond donors (Lipinski definition) is 1. The van der Waals surface area contributed by atoms with Crippen LogP contribution in [0.1, 0.15) is 5.56 Å². The molecule has 0 fully saturated rings. The summed E-state index contributed by atoms with van der Waals surface area (Å²) >= 11 is 3.39. The van der Waals surface area contributed by atoms with Crippen molar-refractivity contribution in [1.29, 1.82) is 0 Å². The number of aromatic nitrogens is 1.